The quantitative estimate of drug-likeness (QED) is 0.760. The molecule has 1 unspecified atom stereocenters. The van der Waals surface area contributed by atoms with Crippen LogP contribution in [0.4, 0.5) is 4.39 Å². The highest BCUT2D eigenvalue weighted by Crippen LogP contribution is 2.29. The van der Waals surface area contributed by atoms with Gasteiger partial charge in [-0.15, -0.1) is 0 Å². The molecule has 0 radical (unpaired) electrons. The summed E-state index contributed by atoms with van der Waals surface area (Å²) >= 11 is 0. The number of hydrogen-bond donors (Lipinski definition) is 0. The number of rotatable bonds is 6. The number of aromatic nitrogens is 1. The Bertz CT molecular complexity index is 594. The van der Waals surface area contributed by atoms with Gasteiger partial charge < -0.3 is 14.0 Å². The van der Waals surface area contributed by atoms with E-state index in [4.69, 9.17) is 9.47 Å². The zero-order valence-electron chi connectivity index (χ0n) is 11.6. The molecule has 0 aliphatic heterocycles. The second-order valence-electron chi connectivity index (χ2n) is 4.35. The molecule has 108 valence electrons. The van der Waals surface area contributed by atoms with E-state index in [1.54, 1.807) is 25.1 Å². The van der Waals surface area contributed by atoms with Crippen LogP contribution in [0.1, 0.15) is 26.6 Å². The summed E-state index contributed by atoms with van der Waals surface area (Å²) in [5, 5.41) is 0.785. The molecule has 0 bridgehead atoms. The van der Waals surface area contributed by atoms with Crippen LogP contribution in [-0.4, -0.2) is 23.8 Å². The van der Waals surface area contributed by atoms with Crippen molar-refractivity contribution >= 4 is 16.9 Å². The van der Waals surface area contributed by atoms with Gasteiger partial charge in [0.15, 0.2) is 0 Å². The normalized spacial score (nSPS) is 12.3. The first-order valence-corrected chi connectivity index (χ1v) is 6.72. The van der Waals surface area contributed by atoms with E-state index in [-0.39, 0.29) is 6.61 Å². The Morgan fingerprint density at radius 3 is 2.85 bits per heavy atom. The zero-order valence-corrected chi connectivity index (χ0v) is 11.6. The minimum atomic E-state index is -1.84. The lowest BCUT2D eigenvalue weighted by molar-refractivity contribution is -0.152. The monoisotopic (exact) mass is 279 g/mol. The van der Waals surface area contributed by atoms with Gasteiger partial charge in [0.1, 0.15) is 5.75 Å². The number of carbonyl (C=O) groups is 1. The van der Waals surface area contributed by atoms with Crippen LogP contribution in [0, 0.1) is 0 Å². The summed E-state index contributed by atoms with van der Waals surface area (Å²) in [7, 11) is 0. The van der Waals surface area contributed by atoms with Crippen molar-refractivity contribution in [1.29, 1.82) is 0 Å². The molecule has 0 saturated carbocycles. The summed E-state index contributed by atoms with van der Waals surface area (Å²) in [4.78, 5) is 11.5. The van der Waals surface area contributed by atoms with Gasteiger partial charge in [-0.3, -0.25) is 0 Å². The predicted molar refractivity (Wildman–Crippen MR) is 74.5 cm³/mol. The molecule has 1 heterocycles. The lowest BCUT2D eigenvalue weighted by Gasteiger charge is -2.11. The van der Waals surface area contributed by atoms with Crippen LogP contribution in [0.3, 0.4) is 0 Å². The Hall–Kier alpha value is -2.04. The van der Waals surface area contributed by atoms with E-state index in [0.29, 0.717) is 17.9 Å². The fourth-order valence-electron chi connectivity index (χ4n) is 2.02. The van der Waals surface area contributed by atoms with Crippen LogP contribution in [0.5, 0.6) is 5.75 Å². The van der Waals surface area contributed by atoms with Crippen LogP contribution in [0.25, 0.3) is 10.9 Å². The molecule has 1 aromatic carbocycles. The Morgan fingerprint density at radius 2 is 2.15 bits per heavy atom. The molecule has 20 heavy (non-hydrogen) atoms. The number of alkyl halides is 1. The van der Waals surface area contributed by atoms with E-state index >= 15 is 0 Å². The molecule has 4 nitrogen and oxygen atoms in total. The molecule has 2 aromatic rings. The van der Waals surface area contributed by atoms with Crippen molar-refractivity contribution in [2.75, 3.05) is 13.2 Å². The Morgan fingerprint density at radius 1 is 1.35 bits per heavy atom. The lowest BCUT2D eigenvalue weighted by atomic mass is 10.2. The van der Waals surface area contributed by atoms with E-state index in [1.807, 2.05) is 13.0 Å². The third kappa shape index (κ3) is 2.76. The van der Waals surface area contributed by atoms with Gasteiger partial charge in [-0.1, -0.05) is 13.0 Å². The molecular formula is C15H18FNO3. The van der Waals surface area contributed by atoms with Gasteiger partial charge in [-0.2, -0.15) is 0 Å². The molecule has 2 rings (SSSR count). The topological polar surface area (TPSA) is 40.5 Å². The van der Waals surface area contributed by atoms with Gasteiger partial charge in [0.25, 0.3) is 6.30 Å². The van der Waals surface area contributed by atoms with Gasteiger partial charge >= 0.3 is 5.97 Å². The summed E-state index contributed by atoms with van der Waals surface area (Å²) in [6.45, 7) is 4.42. The second kappa shape index (κ2) is 6.41. The number of carbonyl (C=O) groups excluding carboxylic acids is 1. The predicted octanol–water partition coefficient (Wildman–Crippen LogP) is 3.46. The van der Waals surface area contributed by atoms with Crippen molar-refractivity contribution in [1.82, 2.24) is 4.57 Å². The van der Waals surface area contributed by atoms with Crippen molar-refractivity contribution in [3.05, 3.63) is 30.5 Å². The third-order valence-electron chi connectivity index (χ3n) is 2.91. The lowest BCUT2D eigenvalue weighted by Crippen LogP contribution is -2.17. The minimum Gasteiger partial charge on any atom is -0.493 e. The number of ether oxygens (including phenoxy) is 2. The average molecular weight is 279 g/mol. The smallest absolute Gasteiger partial charge is 0.362 e. The van der Waals surface area contributed by atoms with E-state index in [0.717, 1.165) is 11.8 Å². The number of esters is 1. The highest BCUT2D eigenvalue weighted by Gasteiger charge is 2.22. The average Bonchev–Trinajstić information content (AvgIpc) is 2.89. The molecule has 0 aliphatic carbocycles. The van der Waals surface area contributed by atoms with Crippen LogP contribution in [0.2, 0.25) is 0 Å². The summed E-state index contributed by atoms with van der Waals surface area (Å²) < 4.78 is 25.7. The standard InChI is InChI=1S/C15H18FNO3/c1-3-10-20-13-7-5-6-12-11(13)8-9-17(12)14(16)15(18)19-4-2/h5-9,14H,3-4,10H2,1-2H3. The number of fused-ring (bicyclic) bond motifs is 1. The van der Waals surface area contributed by atoms with Crippen molar-refractivity contribution in [2.45, 2.75) is 26.6 Å². The first-order chi connectivity index (χ1) is 9.69. The van der Waals surface area contributed by atoms with Gasteiger partial charge in [0.05, 0.1) is 18.7 Å². The molecule has 0 saturated heterocycles. The van der Waals surface area contributed by atoms with Gasteiger partial charge in [-0.05, 0) is 31.5 Å². The van der Waals surface area contributed by atoms with E-state index < -0.39 is 12.3 Å². The number of nitrogens with zero attached hydrogens (tertiary/aromatic N) is 1. The molecule has 0 fully saturated rings. The van der Waals surface area contributed by atoms with Crippen LogP contribution in [0.15, 0.2) is 30.5 Å². The van der Waals surface area contributed by atoms with Crippen molar-refractivity contribution < 1.29 is 18.7 Å². The maximum absolute atomic E-state index is 14.1. The first-order valence-electron chi connectivity index (χ1n) is 6.72. The first kappa shape index (κ1) is 14.4. The van der Waals surface area contributed by atoms with Gasteiger partial charge in [0, 0.05) is 11.6 Å². The fraction of sp³-hybridized carbons (Fsp3) is 0.400. The maximum Gasteiger partial charge on any atom is 0.362 e. The Labute approximate surface area is 117 Å². The van der Waals surface area contributed by atoms with Crippen molar-refractivity contribution in [3.63, 3.8) is 0 Å². The highest BCUT2D eigenvalue weighted by molar-refractivity contribution is 5.88. The third-order valence-corrected chi connectivity index (χ3v) is 2.91. The van der Waals surface area contributed by atoms with Crippen molar-refractivity contribution in [3.8, 4) is 5.75 Å². The number of hydrogen-bond acceptors (Lipinski definition) is 3. The molecule has 0 N–H and O–H groups in total. The molecule has 0 aliphatic rings. The van der Waals surface area contributed by atoms with Crippen LogP contribution in [-0.2, 0) is 9.53 Å². The van der Waals surface area contributed by atoms with Crippen molar-refractivity contribution in [2.24, 2.45) is 0 Å². The summed E-state index contributed by atoms with van der Waals surface area (Å²) in [6.07, 6.45) is 0.588. The van der Waals surface area contributed by atoms with Crippen LogP contribution < -0.4 is 4.74 Å². The Kier molecular flexibility index (Phi) is 4.61. The number of benzene rings is 1. The molecule has 0 amide bonds. The van der Waals surface area contributed by atoms with Gasteiger partial charge in [0.2, 0.25) is 0 Å². The Balaban J connectivity index is 2.34. The second-order valence-corrected chi connectivity index (χ2v) is 4.35. The van der Waals surface area contributed by atoms with Crippen LogP contribution >= 0.6 is 0 Å². The molecular weight excluding hydrogens is 261 g/mol. The number of halogens is 1. The summed E-state index contributed by atoms with van der Waals surface area (Å²) in [5.41, 5.74) is 0.610. The summed E-state index contributed by atoms with van der Waals surface area (Å²) in [5.74, 6) is -0.191. The molecule has 1 atom stereocenters. The highest BCUT2D eigenvalue weighted by atomic mass is 19.1. The molecule has 1 aromatic heterocycles. The van der Waals surface area contributed by atoms with E-state index in [9.17, 15) is 9.18 Å². The molecule has 5 heteroatoms. The SMILES string of the molecule is CCCOc1cccc2c1ccn2C(F)C(=O)OCC. The molecule has 0 spiro atoms. The van der Waals surface area contributed by atoms with E-state index in [1.165, 1.54) is 10.8 Å². The largest absolute Gasteiger partial charge is 0.493 e. The zero-order chi connectivity index (χ0) is 14.5. The maximum atomic E-state index is 14.1. The van der Waals surface area contributed by atoms with E-state index in [2.05, 4.69) is 0 Å². The minimum absolute atomic E-state index is 0.156. The fourth-order valence-corrected chi connectivity index (χ4v) is 2.02. The summed E-state index contributed by atoms with van der Waals surface area (Å²) in [6, 6.07) is 7.10. The van der Waals surface area contributed by atoms with Gasteiger partial charge in [-0.25, -0.2) is 9.18 Å².